The maximum atomic E-state index is 11.5. The first-order valence-corrected chi connectivity index (χ1v) is 5.29. The van der Waals surface area contributed by atoms with E-state index in [4.69, 9.17) is 16.3 Å². The summed E-state index contributed by atoms with van der Waals surface area (Å²) in [7, 11) is 0. The van der Waals surface area contributed by atoms with Crippen molar-refractivity contribution < 1.29 is 9.53 Å². The Balaban J connectivity index is 1.84. The molecule has 2 rings (SSSR count). The van der Waals surface area contributed by atoms with Crippen molar-refractivity contribution in [2.45, 2.75) is 0 Å². The van der Waals surface area contributed by atoms with Crippen LogP contribution in [0.4, 0.5) is 5.69 Å². The molecule has 0 unspecified atom stereocenters. The van der Waals surface area contributed by atoms with E-state index in [1.54, 1.807) is 30.5 Å². The summed E-state index contributed by atoms with van der Waals surface area (Å²) in [6.07, 6.45) is 3.09. The highest BCUT2D eigenvalue weighted by Crippen LogP contribution is 2.16. The van der Waals surface area contributed by atoms with Crippen LogP contribution in [0.1, 0.15) is 0 Å². The molecule has 1 aromatic heterocycles. The van der Waals surface area contributed by atoms with E-state index >= 15 is 0 Å². The monoisotopic (exact) mass is 251 g/mol. The summed E-state index contributed by atoms with van der Waals surface area (Å²) in [6.45, 7) is -0.0779. The summed E-state index contributed by atoms with van der Waals surface area (Å²) >= 11 is 5.78. The first kappa shape index (κ1) is 11.5. The molecule has 0 saturated heterocycles. The van der Waals surface area contributed by atoms with E-state index in [0.717, 1.165) is 0 Å². The minimum atomic E-state index is -0.258. The number of nitrogens with zero attached hydrogens (tertiary/aromatic N) is 1. The standard InChI is InChI=1S/C11H10ClN3O2/c12-8-2-1-3-10(4-8)17-7-11(16)15-9-5-13-14-6-9/h1-6H,7H2,(H,13,14)(H,15,16). The number of H-pyrrole nitrogens is 1. The maximum absolute atomic E-state index is 11.5. The van der Waals surface area contributed by atoms with Gasteiger partial charge < -0.3 is 10.1 Å². The van der Waals surface area contributed by atoms with Crippen molar-refractivity contribution in [3.05, 3.63) is 41.7 Å². The van der Waals surface area contributed by atoms with Crippen molar-refractivity contribution in [2.75, 3.05) is 11.9 Å². The van der Waals surface area contributed by atoms with Crippen molar-refractivity contribution >= 4 is 23.2 Å². The van der Waals surface area contributed by atoms with E-state index in [0.29, 0.717) is 16.5 Å². The molecule has 6 heteroatoms. The lowest BCUT2D eigenvalue weighted by Crippen LogP contribution is -2.19. The third-order valence-electron chi connectivity index (χ3n) is 1.95. The van der Waals surface area contributed by atoms with E-state index in [2.05, 4.69) is 15.5 Å². The molecule has 1 amide bonds. The van der Waals surface area contributed by atoms with Gasteiger partial charge in [-0.15, -0.1) is 0 Å². The predicted octanol–water partition coefficient (Wildman–Crippen LogP) is 2.08. The minimum Gasteiger partial charge on any atom is -0.484 e. The third-order valence-corrected chi connectivity index (χ3v) is 2.18. The zero-order valence-electron chi connectivity index (χ0n) is 8.81. The first-order chi connectivity index (χ1) is 8.24. The molecule has 0 aliphatic rings. The third kappa shape index (κ3) is 3.49. The molecule has 0 aliphatic heterocycles. The summed E-state index contributed by atoms with van der Waals surface area (Å²) in [6, 6.07) is 6.87. The summed E-state index contributed by atoms with van der Waals surface area (Å²) < 4.78 is 5.27. The van der Waals surface area contributed by atoms with Gasteiger partial charge in [-0.3, -0.25) is 9.89 Å². The quantitative estimate of drug-likeness (QED) is 0.874. The molecule has 17 heavy (non-hydrogen) atoms. The Morgan fingerprint density at radius 2 is 2.41 bits per heavy atom. The number of carbonyl (C=O) groups is 1. The van der Waals surface area contributed by atoms with Gasteiger partial charge in [0, 0.05) is 11.2 Å². The normalized spacial score (nSPS) is 9.94. The predicted molar refractivity (Wildman–Crippen MR) is 64.2 cm³/mol. The fraction of sp³-hybridized carbons (Fsp3) is 0.0909. The van der Waals surface area contributed by atoms with Gasteiger partial charge in [0.25, 0.3) is 5.91 Å². The van der Waals surface area contributed by atoms with Crippen molar-refractivity contribution in [1.82, 2.24) is 10.2 Å². The van der Waals surface area contributed by atoms with E-state index in [9.17, 15) is 4.79 Å². The lowest BCUT2D eigenvalue weighted by Gasteiger charge is -2.06. The van der Waals surface area contributed by atoms with Crippen LogP contribution in [0.25, 0.3) is 0 Å². The average Bonchev–Trinajstić information content (AvgIpc) is 2.79. The Morgan fingerprint density at radius 1 is 1.53 bits per heavy atom. The maximum Gasteiger partial charge on any atom is 0.262 e. The van der Waals surface area contributed by atoms with Crippen LogP contribution < -0.4 is 10.1 Å². The number of anilines is 1. The van der Waals surface area contributed by atoms with Gasteiger partial charge in [-0.1, -0.05) is 17.7 Å². The fourth-order valence-electron chi connectivity index (χ4n) is 1.22. The van der Waals surface area contributed by atoms with Gasteiger partial charge >= 0.3 is 0 Å². The Kier molecular flexibility index (Phi) is 3.62. The Bertz CT molecular complexity index is 499. The highest BCUT2D eigenvalue weighted by Gasteiger charge is 2.04. The number of hydrogen-bond acceptors (Lipinski definition) is 3. The largest absolute Gasteiger partial charge is 0.484 e. The summed E-state index contributed by atoms with van der Waals surface area (Å²) in [4.78, 5) is 11.5. The molecular formula is C11H10ClN3O2. The number of aromatic nitrogens is 2. The van der Waals surface area contributed by atoms with E-state index < -0.39 is 0 Å². The van der Waals surface area contributed by atoms with Crippen LogP contribution in [-0.2, 0) is 4.79 Å². The summed E-state index contributed by atoms with van der Waals surface area (Å²) in [5, 5.41) is 9.48. The molecule has 0 saturated carbocycles. The van der Waals surface area contributed by atoms with Crippen LogP contribution >= 0.6 is 11.6 Å². The van der Waals surface area contributed by atoms with Crippen molar-refractivity contribution in [1.29, 1.82) is 0 Å². The number of amides is 1. The number of carbonyl (C=O) groups excluding carboxylic acids is 1. The molecule has 5 nitrogen and oxygen atoms in total. The Morgan fingerprint density at radius 3 is 3.12 bits per heavy atom. The molecule has 0 spiro atoms. The molecule has 1 heterocycles. The summed E-state index contributed by atoms with van der Waals surface area (Å²) in [5.41, 5.74) is 0.602. The number of nitrogens with one attached hydrogen (secondary N) is 2. The van der Waals surface area contributed by atoms with Crippen molar-refractivity contribution in [3.63, 3.8) is 0 Å². The number of aromatic amines is 1. The smallest absolute Gasteiger partial charge is 0.262 e. The van der Waals surface area contributed by atoms with E-state index in [-0.39, 0.29) is 12.5 Å². The molecule has 0 aliphatic carbocycles. The Labute approximate surface area is 103 Å². The molecule has 1 aromatic carbocycles. The van der Waals surface area contributed by atoms with Gasteiger partial charge in [0.15, 0.2) is 6.61 Å². The van der Waals surface area contributed by atoms with Gasteiger partial charge in [-0.25, -0.2) is 0 Å². The van der Waals surface area contributed by atoms with Crippen LogP contribution in [-0.4, -0.2) is 22.7 Å². The number of ether oxygens (including phenoxy) is 1. The van der Waals surface area contributed by atoms with Crippen molar-refractivity contribution in [3.8, 4) is 5.75 Å². The number of hydrogen-bond donors (Lipinski definition) is 2. The first-order valence-electron chi connectivity index (χ1n) is 4.91. The molecule has 2 N–H and O–H groups in total. The molecule has 0 radical (unpaired) electrons. The van der Waals surface area contributed by atoms with Crippen LogP contribution in [0.3, 0.4) is 0 Å². The second kappa shape index (κ2) is 5.36. The number of halogens is 1. The highest BCUT2D eigenvalue weighted by molar-refractivity contribution is 6.30. The SMILES string of the molecule is O=C(COc1cccc(Cl)c1)Nc1cn[nH]c1. The van der Waals surface area contributed by atoms with Crippen LogP contribution in [0.5, 0.6) is 5.75 Å². The molecular weight excluding hydrogens is 242 g/mol. The molecule has 88 valence electrons. The minimum absolute atomic E-state index is 0.0779. The zero-order valence-corrected chi connectivity index (χ0v) is 9.57. The topological polar surface area (TPSA) is 67.0 Å². The lowest BCUT2D eigenvalue weighted by molar-refractivity contribution is -0.118. The van der Waals surface area contributed by atoms with Gasteiger partial charge in [0.1, 0.15) is 5.75 Å². The molecule has 0 atom stereocenters. The average molecular weight is 252 g/mol. The second-order valence-corrected chi connectivity index (χ2v) is 3.72. The van der Waals surface area contributed by atoms with Gasteiger partial charge in [0.05, 0.1) is 11.9 Å². The summed E-state index contributed by atoms with van der Waals surface area (Å²) in [5.74, 6) is 0.297. The second-order valence-electron chi connectivity index (χ2n) is 3.28. The van der Waals surface area contributed by atoms with Crippen LogP contribution in [0.2, 0.25) is 5.02 Å². The number of rotatable bonds is 4. The van der Waals surface area contributed by atoms with Gasteiger partial charge in [0.2, 0.25) is 0 Å². The highest BCUT2D eigenvalue weighted by atomic mass is 35.5. The lowest BCUT2D eigenvalue weighted by atomic mass is 10.3. The van der Waals surface area contributed by atoms with E-state index in [1.165, 1.54) is 6.20 Å². The molecule has 2 aromatic rings. The van der Waals surface area contributed by atoms with Gasteiger partial charge in [-0.05, 0) is 18.2 Å². The molecule has 0 fully saturated rings. The van der Waals surface area contributed by atoms with Crippen LogP contribution in [0, 0.1) is 0 Å². The number of benzene rings is 1. The van der Waals surface area contributed by atoms with Crippen molar-refractivity contribution in [2.24, 2.45) is 0 Å². The zero-order chi connectivity index (χ0) is 12.1. The fourth-order valence-corrected chi connectivity index (χ4v) is 1.40. The van der Waals surface area contributed by atoms with Crippen LogP contribution in [0.15, 0.2) is 36.7 Å². The van der Waals surface area contributed by atoms with Gasteiger partial charge in [-0.2, -0.15) is 5.10 Å². The Hall–Kier alpha value is -2.01. The molecule has 0 bridgehead atoms. The van der Waals surface area contributed by atoms with E-state index in [1.807, 2.05) is 0 Å².